The van der Waals surface area contributed by atoms with Crippen molar-refractivity contribution in [2.75, 3.05) is 0 Å². The predicted octanol–water partition coefficient (Wildman–Crippen LogP) is 2.64. The number of nitrogens with zero attached hydrogens (tertiary/aromatic N) is 2. The Morgan fingerprint density at radius 3 is 2.69 bits per heavy atom. The summed E-state index contributed by atoms with van der Waals surface area (Å²) >= 11 is 6.02. The first-order valence-electron chi connectivity index (χ1n) is 5.22. The zero-order valence-electron chi connectivity index (χ0n) is 8.74. The molecule has 0 bridgehead atoms. The Labute approximate surface area is 99.1 Å². The van der Waals surface area contributed by atoms with Gasteiger partial charge in [-0.2, -0.15) is 5.26 Å². The van der Waals surface area contributed by atoms with Crippen LogP contribution in [0.3, 0.4) is 0 Å². The van der Waals surface area contributed by atoms with E-state index in [2.05, 4.69) is 11.1 Å². The Bertz CT molecular complexity index is 454. The number of hydrogen-bond acceptors (Lipinski definition) is 3. The van der Waals surface area contributed by atoms with Gasteiger partial charge in [0.25, 0.3) is 0 Å². The lowest BCUT2D eigenvalue weighted by molar-refractivity contribution is -0.120. The van der Waals surface area contributed by atoms with Crippen LogP contribution >= 0.6 is 11.6 Å². The number of halogens is 1. The fraction of sp³-hybridized carbons (Fsp3) is 0.417. The lowest BCUT2D eigenvalue weighted by atomic mass is 9.70. The van der Waals surface area contributed by atoms with Crippen LogP contribution in [-0.2, 0) is 10.2 Å². The summed E-state index contributed by atoms with van der Waals surface area (Å²) < 4.78 is 0. The number of carbonyl (C=O) groups is 1. The molecule has 0 N–H and O–H groups in total. The normalized spacial score (nSPS) is 19.1. The molecule has 1 aromatic heterocycles. The Morgan fingerprint density at radius 1 is 1.44 bits per heavy atom. The van der Waals surface area contributed by atoms with Gasteiger partial charge in [-0.1, -0.05) is 17.7 Å². The van der Waals surface area contributed by atoms with Crippen LogP contribution in [0, 0.1) is 11.3 Å². The van der Waals surface area contributed by atoms with Crippen LogP contribution in [0.2, 0.25) is 5.15 Å². The van der Waals surface area contributed by atoms with E-state index in [9.17, 15) is 10.1 Å². The molecule has 16 heavy (non-hydrogen) atoms. The van der Waals surface area contributed by atoms with Gasteiger partial charge >= 0.3 is 0 Å². The van der Waals surface area contributed by atoms with Crippen molar-refractivity contribution in [2.45, 2.75) is 31.1 Å². The molecule has 1 aliphatic carbocycles. The zero-order valence-corrected chi connectivity index (χ0v) is 9.50. The maximum absolute atomic E-state index is 11.2. The number of nitriles is 1. The van der Waals surface area contributed by atoms with Crippen LogP contribution in [0.15, 0.2) is 18.3 Å². The Hall–Kier alpha value is -1.40. The Kier molecular flexibility index (Phi) is 2.93. The molecule has 0 aromatic carbocycles. The van der Waals surface area contributed by atoms with Crippen LogP contribution in [0.25, 0.3) is 0 Å². The molecule has 0 radical (unpaired) electrons. The summed E-state index contributed by atoms with van der Waals surface area (Å²) in [5.41, 5.74) is 0.130. The first kappa shape index (κ1) is 11.1. The molecule has 0 atom stereocenters. The molecule has 2 rings (SSSR count). The van der Waals surface area contributed by atoms with Crippen LogP contribution in [0.1, 0.15) is 31.2 Å². The van der Waals surface area contributed by atoms with Gasteiger partial charge in [-0.15, -0.1) is 0 Å². The van der Waals surface area contributed by atoms with Crippen molar-refractivity contribution >= 4 is 17.4 Å². The van der Waals surface area contributed by atoms with Crippen molar-refractivity contribution in [3.05, 3.63) is 29.0 Å². The minimum absolute atomic E-state index is 0.228. The molecule has 1 aromatic rings. The summed E-state index contributed by atoms with van der Waals surface area (Å²) in [7, 11) is 0. The minimum atomic E-state index is -0.626. The topological polar surface area (TPSA) is 53.8 Å². The molecule has 0 unspecified atom stereocenters. The molecule has 0 amide bonds. The third-order valence-corrected chi connectivity index (χ3v) is 3.45. The number of rotatable bonds is 1. The lowest BCUT2D eigenvalue weighted by Crippen LogP contribution is -2.30. The molecule has 0 spiro atoms. The fourth-order valence-electron chi connectivity index (χ4n) is 2.14. The highest BCUT2D eigenvalue weighted by atomic mass is 35.5. The van der Waals surface area contributed by atoms with E-state index in [-0.39, 0.29) is 5.78 Å². The largest absolute Gasteiger partial charge is 0.300 e. The first-order valence-corrected chi connectivity index (χ1v) is 5.60. The molecule has 4 heteroatoms. The summed E-state index contributed by atoms with van der Waals surface area (Å²) in [5.74, 6) is 0.228. The molecule has 1 saturated carbocycles. The van der Waals surface area contributed by atoms with Crippen LogP contribution in [0.4, 0.5) is 0 Å². The molecule has 0 aliphatic heterocycles. The molecule has 82 valence electrons. The second kappa shape index (κ2) is 4.23. The fourth-order valence-corrected chi connectivity index (χ4v) is 2.44. The van der Waals surface area contributed by atoms with Gasteiger partial charge in [0.15, 0.2) is 0 Å². The molecule has 1 fully saturated rings. The van der Waals surface area contributed by atoms with E-state index < -0.39 is 5.41 Å². The molecule has 0 saturated heterocycles. The number of hydrogen-bond donors (Lipinski definition) is 0. The van der Waals surface area contributed by atoms with Gasteiger partial charge in [-0.25, -0.2) is 4.98 Å². The van der Waals surface area contributed by atoms with Gasteiger partial charge < -0.3 is 0 Å². The highest BCUT2D eigenvalue weighted by Crippen LogP contribution is 2.40. The maximum atomic E-state index is 11.2. The zero-order chi connectivity index (χ0) is 11.6. The molecule has 3 nitrogen and oxygen atoms in total. The number of ketones is 1. The van der Waals surface area contributed by atoms with Crippen LogP contribution in [0.5, 0.6) is 0 Å². The first-order chi connectivity index (χ1) is 7.68. The second-order valence-corrected chi connectivity index (χ2v) is 4.43. The van der Waals surface area contributed by atoms with Gasteiger partial charge in [0.2, 0.25) is 0 Å². The maximum Gasteiger partial charge on any atom is 0.133 e. The van der Waals surface area contributed by atoms with Crippen LogP contribution in [-0.4, -0.2) is 10.8 Å². The minimum Gasteiger partial charge on any atom is -0.300 e. The predicted molar refractivity (Wildman–Crippen MR) is 60.0 cm³/mol. The number of Topliss-reactive ketones (excluding diaryl/α,β-unsaturated/α-hetero) is 1. The summed E-state index contributed by atoms with van der Waals surface area (Å²) in [4.78, 5) is 15.2. The third-order valence-electron chi connectivity index (χ3n) is 3.15. The third kappa shape index (κ3) is 1.81. The van der Waals surface area contributed by atoms with Crippen molar-refractivity contribution in [1.29, 1.82) is 5.26 Å². The molecular formula is C12H11ClN2O. The van der Waals surface area contributed by atoms with E-state index in [1.54, 1.807) is 12.3 Å². The van der Waals surface area contributed by atoms with Gasteiger partial charge in [0.1, 0.15) is 10.9 Å². The van der Waals surface area contributed by atoms with Crippen molar-refractivity contribution in [3.63, 3.8) is 0 Å². The Balaban J connectivity index is 2.40. The van der Waals surface area contributed by atoms with E-state index >= 15 is 0 Å². The second-order valence-electron chi connectivity index (χ2n) is 4.07. The van der Waals surface area contributed by atoms with Crippen molar-refractivity contribution < 1.29 is 4.79 Å². The SMILES string of the molecule is N#CC1(c2cccnc2Cl)CCC(=O)CC1. The van der Waals surface area contributed by atoms with Crippen molar-refractivity contribution in [1.82, 2.24) is 4.98 Å². The van der Waals surface area contributed by atoms with E-state index in [0.717, 1.165) is 5.56 Å². The van der Waals surface area contributed by atoms with Crippen LogP contribution < -0.4 is 0 Å². The number of pyridine rings is 1. The smallest absolute Gasteiger partial charge is 0.133 e. The highest BCUT2D eigenvalue weighted by molar-refractivity contribution is 6.30. The average molecular weight is 235 g/mol. The summed E-state index contributed by atoms with van der Waals surface area (Å²) in [6, 6.07) is 5.92. The molecular weight excluding hydrogens is 224 g/mol. The highest BCUT2D eigenvalue weighted by Gasteiger charge is 2.38. The standard InChI is InChI=1S/C12H11ClN2O/c13-11-10(2-1-7-15-11)12(8-14)5-3-9(16)4-6-12/h1-2,7H,3-6H2. The molecule has 1 aliphatic rings. The van der Waals surface area contributed by atoms with E-state index in [1.165, 1.54) is 0 Å². The van der Waals surface area contributed by atoms with E-state index in [1.807, 2.05) is 6.07 Å². The summed E-state index contributed by atoms with van der Waals surface area (Å²) in [5, 5.41) is 9.73. The van der Waals surface area contributed by atoms with E-state index in [4.69, 9.17) is 11.6 Å². The van der Waals surface area contributed by atoms with E-state index in [0.29, 0.717) is 30.8 Å². The van der Waals surface area contributed by atoms with Crippen molar-refractivity contribution in [3.8, 4) is 6.07 Å². The van der Waals surface area contributed by atoms with Gasteiger partial charge in [-0.05, 0) is 18.9 Å². The lowest BCUT2D eigenvalue weighted by Gasteiger charge is -2.30. The monoisotopic (exact) mass is 234 g/mol. The van der Waals surface area contributed by atoms with Crippen molar-refractivity contribution in [2.24, 2.45) is 0 Å². The Morgan fingerprint density at radius 2 is 2.12 bits per heavy atom. The number of aromatic nitrogens is 1. The quantitative estimate of drug-likeness (QED) is 0.702. The summed E-state index contributed by atoms with van der Waals surface area (Å²) in [6.07, 6.45) is 3.62. The number of carbonyl (C=O) groups excluding carboxylic acids is 1. The van der Waals surface area contributed by atoms with Gasteiger partial charge in [0, 0.05) is 24.6 Å². The van der Waals surface area contributed by atoms with Gasteiger partial charge in [0.05, 0.1) is 11.5 Å². The van der Waals surface area contributed by atoms with Gasteiger partial charge in [-0.3, -0.25) is 4.79 Å². The summed E-state index contributed by atoms with van der Waals surface area (Å²) in [6.45, 7) is 0. The average Bonchev–Trinajstić information content (AvgIpc) is 2.32. The molecule has 1 heterocycles.